The van der Waals surface area contributed by atoms with Crippen LogP contribution in [0.4, 0.5) is 4.39 Å². The Morgan fingerprint density at radius 1 is 1.40 bits per heavy atom. The second-order valence-corrected chi connectivity index (χ2v) is 5.60. The van der Waals surface area contributed by atoms with Crippen LogP contribution in [0.25, 0.3) is 0 Å². The molecule has 0 radical (unpaired) electrons. The molecule has 5 nitrogen and oxygen atoms in total. The summed E-state index contributed by atoms with van der Waals surface area (Å²) in [4.78, 5) is 12.2. The second kappa shape index (κ2) is 8.88. The third kappa shape index (κ3) is 5.08. The fourth-order valence-corrected chi connectivity index (χ4v) is 2.27. The number of hydrogen-bond acceptors (Lipinski definition) is 3. The SMILES string of the molecule is CCCC#CCOc1cccc(CNC(=O)c2cc(C)nn2C)c1F. The van der Waals surface area contributed by atoms with Crippen LogP contribution >= 0.6 is 0 Å². The molecule has 0 aliphatic carbocycles. The van der Waals surface area contributed by atoms with Gasteiger partial charge in [-0.2, -0.15) is 5.10 Å². The van der Waals surface area contributed by atoms with E-state index in [4.69, 9.17) is 4.74 Å². The van der Waals surface area contributed by atoms with E-state index in [0.29, 0.717) is 11.3 Å². The Labute approximate surface area is 147 Å². The molecular weight excluding hydrogens is 321 g/mol. The third-order valence-corrected chi connectivity index (χ3v) is 3.52. The molecule has 0 bridgehead atoms. The van der Waals surface area contributed by atoms with Gasteiger partial charge in [-0.15, -0.1) is 0 Å². The number of ether oxygens (including phenoxy) is 1. The molecular formula is C19H22FN3O2. The molecule has 0 atom stereocenters. The highest BCUT2D eigenvalue weighted by Crippen LogP contribution is 2.20. The van der Waals surface area contributed by atoms with Gasteiger partial charge < -0.3 is 10.1 Å². The number of benzene rings is 1. The van der Waals surface area contributed by atoms with Crippen LogP contribution < -0.4 is 10.1 Å². The second-order valence-electron chi connectivity index (χ2n) is 5.60. The zero-order valence-electron chi connectivity index (χ0n) is 14.7. The maximum atomic E-state index is 14.4. The van der Waals surface area contributed by atoms with Gasteiger partial charge in [-0.25, -0.2) is 4.39 Å². The molecule has 0 saturated carbocycles. The van der Waals surface area contributed by atoms with Crippen molar-refractivity contribution in [2.45, 2.75) is 33.2 Å². The summed E-state index contributed by atoms with van der Waals surface area (Å²) in [6.07, 6.45) is 1.78. The van der Waals surface area contributed by atoms with E-state index in [1.807, 2.05) is 6.92 Å². The van der Waals surface area contributed by atoms with Crippen molar-refractivity contribution < 1.29 is 13.9 Å². The van der Waals surface area contributed by atoms with Gasteiger partial charge in [-0.3, -0.25) is 9.48 Å². The van der Waals surface area contributed by atoms with Crippen LogP contribution in [0, 0.1) is 24.6 Å². The van der Waals surface area contributed by atoms with Gasteiger partial charge >= 0.3 is 0 Å². The Kier molecular flexibility index (Phi) is 6.58. The highest BCUT2D eigenvalue weighted by molar-refractivity contribution is 5.92. The molecule has 1 aromatic carbocycles. The Hall–Kier alpha value is -2.81. The van der Waals surface area contributed by atoms with Crippen molar-refractivity contribution in [2.24, 2.45) is 7.05 Å². The molecule has 2 rings (SSSR count). The monoisotopic (exact) mass is 343 g/mol. The van der Waals surface area contributed by atoms with Crippen molar-refractivity contribution in [3.05, 3.63) is 47.0 Å². The number of rotatable bonds is 6. The zero-order valence-corrected chi connectivity index (χ0v) is 14.7. The van der Waals surface area contributed by atoms with Crippen LogP contribution in [0.5, 0.6) is 5.75 Å². The summed E-state index contributed by atoms with van der Waals surface area (Å²) < 4.78 is 21.3. The Bertz CT molecular complexity index is 803. The van der Waals surface area contributed by atoms with E-state index in [2.05, 4.69) is 22.3 Å². The minimum Gasteiger partial charge on any atom is -0.478 e. The first-order valence-electron chi connectivity index (χ1n) is 8.17. The molecule has 132 valence electrons. The van der Waals surface area contributed by atoms with E-state index in [-0.39, 0.29) is 24.8 Å². The van der Waals surface area contributed by atoms with Crippen molar-refractivity contribution >= 4 is 5.91 Å². The molecule has 1 aromatic heterocycles. The molecule has 0 saturated heterocycles. The average Bonchev–Trinajstić information content (AvgIpc) is 2.93. The van der Waals surface area contributed by atoms with Crippen LogP contribution in [0.2, 0.25) is 0 Å². The summed E-state index contributed by atoms with van der Waals surface area (Å²) in [5.74, 6) is 5.13. The van der Waals surface area contributed by atoms with E-state index < -0.39 is 5.82 Å². The topological polar surface area (TPSA) is 56.1 Å². The molecule has 0 spiro atoms. The lowest BCUT2D eigenvalue weighted by Gasteiger charge is -2.09. The van der Waals surface area contributed by atoms with Gasteiger partial charge in [0, 0.05) is 25.6 Å². The van der Waals surface area contributed by atoms with Gasteiger partial charge in [0.1, 0.15) is 12.3 Å². The van der Waals surface area contributed by atoms with Crippen molar-refractivity contribution in [3.8, 4) is 17.6 Å². The molecule has 6 heteroatoms. The highest BCUT2D eigenvalue weighted by Gasteiger charge is 2.14. The number of aryl methyl sites for hydroxylation is 2. The average molecular weight is 343 g/mol. The van der Waals surface area contributed by atoms with Gasteiger partial charge in [0.15, 0.2) is 11.6 Å². The van der Waals surface area contributed by atoms with E-state index in [9.17, 15) is 9.18 Å². The van der Waals surface area contributed by atoms with Gasteiger partial charge in [0.2, 0.25) is 0 Å². The first-order valence-corrected chi connectivity index (χ1v) is 8.17. The smallest absolute Gasteiger partial charge is 0.269 e. The number of aromatic nitrogens is 2. The number of halogens is 1. The summed E-state index contributed by atoms with van der Waals surface area (Å²) in [5.41, 5.74) is 1.53. The predicted molar refractivity (Wildman–Crippen MR) is 93.7 cm³/mol. The number of unbranched alkanes of at least 4 members (excludes halogenated alkanes) is 1. The molecule has 0 aliphatic rings. The van der Waals surface area contributed by atoms with Gasteiger partial charge in [0.05, 0.1) is 5.69 Å². The number of carbonyl (C=O) groups excluding carboxylic acids is 1. The molecule has 1 amide bonds. The zero-order chi connectivity index (χ0) is 18.2. The lowest BCUT2D eigenvalue weighted by Crippen LogP contribution is -2.25. The van der Waals surface area contributed by atoms with E-state index in [1.165, 1.54) is 4.68 Å². The molecule has 0 fully saturated rings. The fraction of sp³-hybridized carbons (Fsp3) is 0.368. The number of carbonyl (C=O) groups is 1. The molecule has 0 aliphatic heterocycles. The third-order valence-electron chi connectivity index (χ3n) is 3.52. The first-order chi connectivity index (χ1) is 12.0. The number of hydrogen-bond donors (Lipinski definition) is 1. The maximum absolute atomic E-state index is 14.4. The van der Waals surface area contributed by atoms with Gasteiger partial charge in [-0.05, 0) is 25.5 Å². The number of nitrogens with one attached hydrogen (secondary N) is 1. The molecule has 1 heterocycles. The normalized spacial score (nSPS) is 10.1. The minimum atomic E-state index is -0.485. The Morgan fingerprint density at radius 2 is 2.20 bits per heavy atom. The summed E-state index contributed by atoms with van der Waals surface area (Å²) in [6, 6.07) is 6.53. The van der Waals surface area contributed by atoms with Crippen molar-refractivity contribution in [2.75, 3.05) is 6.61 Å². The van der Waals surface area contributed by atoms with Crippen LogP contribution in [0.1, 0.15) is 41.5 Å². The van der Waals surface area contributed by atoms with Gasteiger partial charge in [0.25, 0.3) is 5.91 Å². The predicted octanol–water partition coefficient (Wildman–Crippen LogP) is 2.98. The Balaban J connectivity index is 1.98. The molecule has 2 aromatic rings. The minimum absolute atomic E-state index is 0.0631. The highest BCUT2D eigenvalue weighted by atomic mass is 19.1. The standard InChI is InChI=1S/C19H22FN3O2/c1-4-5-6-7-11-25-17-10-8-9-15(18(17)20)13-21-19(24)16-12-14(2)22-23(16)3/h8-10,12H,4-5,11,13H2,1-3H3,(H,21,24). The number of nitrogens with zero attached hydrogens (tertiary/aromatic N) is 2. The van der Waals surface area contributed by atoms with Crippen LogP contribution in [0.3, 0.4) is 0 Å². The fourth-order valence-electron chi connectivity index (χ4n) is 2.27. The van der Waals surface area contributed by atoms with E-state index in [0.717, 1.165) is 18.5 Å². The van der Waals surface area contributed by atoms with Crippen molar-refractivity contribution in [1.82, 2.24) is 15.1 Å². The van der Waals surface area contributed by atoms with Crippen LogP contribution in [-0.2, 0) is 13.6 Å². The van der Waals surface area contributed by atoms with Gasteiger partial charge in [-0.1, -0.05) is 30.9 Å². The largest absolute Gasteiger partial charge is 0.478 e. The molecule has 0 unspecified atom stereocenters. The first kappa shape index (κ1) is 18.5. The summed E-state index contributed by atoms with van der Waals surface area (Å²) in [5, 5.41) is 6.82. The molecule has 25 heavy (non-hydrogen) atoms. The quantitative estimate of drug-likeness (QED) is 0.821. The Morgan fingerprint density at radius 3 is 2.88 bits per heavy atom. The van der Waals surface area contributed by atoms with Crippen LogP contribution in [0.15, 0.2) is 24.3 Å². The summed E-state index contributed by atoms with van der Waals surface area (Å²) in [7, 11) is 1.69. The lowest BCUT2D eigenvalue weighted by molar-refractivity contribution is 0.0941. The lowest BCUT2D eigenvalue weighted by atomic mass is 10.2. The van der Waals surface area contributed by atoms with Crippen LogP contribution in [-0.4, -0.2) is 22.3 Å². The summed E-state index contributed by atoms with van der Waals surface area (Å²) in [6.45, 7) is 4.05. The maximum Gasteiger partial charge on any atom is 0.269 e. The van der Waals surface area contributed by atoms with E-state index >= 15 is 0 Å². The molecule has 1 N–H and O–H groups in total. The van der Waals surface area contributed by atoms with Crippen molar-refractivity contribution in [1.29, 1.82) is 0 Å². The van der Waals surface area contributed by atoms with Crippen molar-refractivity contribution in [3.63, 3.8) is 0 Å². The van der Waals surface area contributed by atoms with E-state index in [1.54, 1.807) is 38.2 Å². The summed E-state index contributed by atoms with van der Waals surface area (Å²) >= 11 is 0. The number of amides is 1.